The van der Waals surface area contributed by atoms with E-state index in [2.05, 4.69) is 23.8 Å². The third kappa shape index (κ3) is 2.80. The molecule has 2 rings (SSSR count). The molecule has 1 aromatic heterocycles. The van der Waals surface area contributed by atoms with Gasteiger partial charge in [-0.15, -0.1) is 0 Å². The van der Waals surface area contributed by atoms with Gasteiger partial charge in [-0.3, -0.25) is 14.4 Å². The Hall–Kier alpha value is -1.16. The number of aromatic nitrogens is 2. The molecule has 18 heavy (non-hydrogen) atoms. The number of aldehydes is 1. The van der Waals surface area contributed by atoms with Gasteiger partial charge in [0.25, 0.3) is 0 Å². The molecule has 1 aromatic rings. The van der Waals surface area contributed by atoms with Crippen molar-refractivity contribution < 1.29 is 4.79 Å². The van der Waals surface area contributed by atoms with E-state index in [1.165, 1.54) is 25.8 Å². The SMILES string of the molecule is CC(C)N1CCCCC1Cc1cc(C=O)n(C)n1. The number of carbonyl (C=O) groups is 1. The van der Waals surface area contributed by atoms with Crippen molar-refractivity contribution in [3.8, 4) is 0 Å². The lowest BCUT2D eigenvalue weighted by atomic mass is 9.96. The van der Waals surface area contributed by atoms with Gasteiger partial charge in [-0.05, 0) is 39.3 Å². The molecule has 0 N–H and O–H groups in total. The lowest BCUT2D eigenvalue weighted by Gasteiger charge is -2.38. The van der Waals surface area contributed by atoms with Gasteiger partial charge in [0.2, 0.25) is 0 Å². The second-order valence-corrected chi connectivity index (χ2v) is 5.49. The van der Waals surface area contributed by atoms with Crippen molar-refractivity contribution in [3.05, 3.63) is 17.5 Å². The predicted octanol–water partition coefficient (Wildman–Crippen LogP) is 2.04. The normalized spacial score (nSPS) is 21.4. The fourth-order valence-corrected chi connectivity index (χ4v) is 2.92. The van der Waals surface area contributed by atoms with E-state index in [0.29, 0.717) is 17.8 Å². The van der Waals surface area contributed by atoms with Crippen LogP contribution in [0.2, 0.25) is 0 Å². The Morgan fingerprint density at radius 1 is 1.50 bits per heavy atom. The maximum absolute atomic E-state index is 10.8. The number of hydrogen-bond acceptors (Lipinski definition) is 3. The zero-order valence-corrected chi connectivity index (χ0v) is 11.6. The van der Waals surface area contributed by atoms with E-state index in [9.17, 15) is 4.79 Å². The number of likely N-dealkylation sites (tertiary alicyclic amines) is 1. The molecule has 4 nitrogen and oxygen atoms in total. The molecule has 1 aliphatic rings. The van der Waals surface area contributed by atoms with Crippen LogP contribution in [0.25, 0.3) is 0 Å². The maximum atomic E-state index is 10.8. The summed E-state index contributed by atoms with van der Waals surface area (Å²) in [6.07, 6.45) is 5.68. The minimum atomic E-state index is 0.577. The predicted molar refractivity (Wildman–Crippen MR) is 71.8 cm³/mol. The summed E-state index contributed by atoms with van der Waals surface area (Å²) in [7, 11) is 1.83. The first-order valence-electron chi connectivity index (χ1n) is 6.85. The van der Waals surface area contributed by atoms with Crippen molar-refractivity contribution in [2.75, 3.05) is 6.54 Å². The van der Waals surface area contributed by atoms with Gasteiger partial charge >= 0.3 is 0 Å². The van der Waals surface area contributed by atoms with Gasteiger partial charge in [-0.2, -0.15) is 5.10 Å². The van der Waals surface area contributed by atoms with Crippen molar-refractivity contribution in [2.24, 2.45) is 7.05 Å². The fourth-order valence-electron chi connectivity index (χ4n) is 2.92. The number of rotatable bonds is 4. The summed E-state index contributed by atoms with van der Waals surface area (Å²) < 4.78 is 1.67. The molecule has 1 aliphatic heterocycles. The average Bonchev–Trinajstić information content (AvgIpc) is 2.70. The van der Waals surface area contributed by atoms with Gasteiger partial charge in [0, 0.05) is 25.6 Å². The molecule has 1 atom stereocenters. The zero-order chi connectivity index (χ0) is 13.1. The summed E-state index contributed by atoms with van der Waals surface area (Å²) in [5.74, 6) is 0. The third-order valence-electron chi connectivity index (χ3n) is 3.87. The Kier molecular flexibility index (Phi) is 4.17. The first-order valence-corrected chi connectivity index (χ1v) is 6.85. The van der Waals surface area contributed by atoms with Gasteiger partial charge in [0.15, 0.2) is 6.29 Å². The summed E-state index contributed by atoms with van der Waals surface area (Å²) >= 11 is 0. The van der Waals surface area contributed by atoms with Crippen LogP contribution in [0.3, 0.4) is 0 Å². The van der Waals surface area contributed by atoms with Crippen LogP contribution in [0.5, 0.6) is 0 Å². The van der Waals surface area contributed by atoms with Crippen LogP contribution in [0.15, 0.2) is 6.07 Å². The Bertz CT molecular complexity index is 411. The van der Waals surface area contributed by atoms with Crippen LogP contribution in [0.1, 0.15) is 49.3 Å². The minimum Gasteiger partial charge on any atom is -0.298 e. The van der Waals surface area contributed by atoms with E-state index >= 15 is 0 Å². The topological polar surface area (TPSA) is 38.1 Å². The molecule has 0 saturated carbocycles. The molecule has 1 unspecified atom stereocenters. The highest BCUT2D eigenvalue weighted by Crippen LogP contribution is 2.22. The van der Waals surface area contributed by atoms with Gasteiger partial charge in [0.05, 0.1) is 5.69 Å². The number of aryl methyl sites for hydroxylation is 1. The van der Waals surface area contributed by atoms with Crippen LogP contribution in [-0.2, 0) is 13.5 Å². The van der Waals surface area contributed by atoms with Crippen LogP contribution in [0, 0.1) is 0 Å². The van der Waals surface area contributed by atoms with Gasteiger partial charge in [-0.1, -0.05) is 6.42 Å². The minimum absolute atomic E-state index is 0.577. The summed E-state index contributed by atoms with van der Waals surface area (Å²) in [4.78, 5) is 13.4. The molecule has 100 valence electrons. The Morgan fingerprint density at radius 2 is 2.28 bits per heavy atom. The van der Waals surface area contributed by atoms with E-state index in [1.54, 1.807) is 4.68 Å². The van der Waals surface area contributed by atoms with Gasteiger partial charge < -0.3 is 0 Å². The van der Waals surface area contributed by atoms with E-state index in [1.807, 2.05) is 13.1 Å². The molecule has 0 aromatic carbocycles. The zero-order valence-electron chi connectivity index (χ0n) is 11.6. The van der Waals surface area contributed by atoms with Crippen LogP contribution >= 0.6 is 0 Å². The molecule has 1 fully saturated rings. The summed E-state index contributed by atoms with van der Waals surface area (Å²) in [6, 6.07) is 3.08. The van der Waals surface area contributed by atoms with Crippen LogP contribution < -0.4 is 0 Å². The molecule has 0 radical (unpaired) electrons. The van der Waals surface area contributed by atoms with Crippen molar-refractivity contribution in [2.45, 2.75) is 51.6 Å². The van der Waals surface area contributed by atoms with Crippen molar-refractivity contribution in [3.63, 3.8) is 0 Å². The number of carbonyl (C=O) groups excluding carboxylic acids is 1. The first-order chi connectivity index (χ1) is 8.61. The van der Waals surface area contributed by atoms with Crippen molar-refractivity contribution in [1.82, 2.24) is 14.7 Å². The molecule has 0 aliphatic carbocycles. The van der Waals surface area contributed by atoms with Crippen LogP contribution in [-0.4, -0.2) is 39.6 Å². The Labute approximate surface area is 109 Å². The lowest BCUT2D eigenvalue weighted by Crippen LogP contribution is -2.45. The average molecular weight is 249 g/mol. The quantitative estimate of drug-likeness (QED) is 0.766. The monoisotopic (exact) mass is 249 g/mol. The molecule has 0 spiro atoms. The van der Waals surface area contributed by atoms with Gasteiger partial charge in [-0.25, -0.2) is 0 Å². The summed E-state index contributed by atoms with van der Waals surface area (Å²) in [6.45, 7) is 5.71. The molecule has 4 heteroatoms. The van der Waals surface area contributed by atoms with Gasteiger partial charge in [0.1, 0.15) is 5.69 Å². The first kappa shape index (κ1) is 13.3. The van der Waals surface area contributed by atoms with E-state index in [4.69, 9.17) is 0 Å². The highest BCUT2D eigenvalue weighted by atomic mass is 16.1. The molecule has 0 bridgehead atoms. The molecular formula is C14H23N3O. The van der Waals surface area contributed by atoms with E-state index in [-0.39, 0.29) is 0 Å². The highest BCUT2D eigenvalue weighted by Gasteiger charge is 2.25. The molecule has 0 amide bonds. The number of hydrogen-bond donors (Lipinski definition) is 0. The van der Waals surface area contributed by atoms with Crippen molar-refractivity contribution in [1.29, 1.82) is 0 Å². The fraction of sp³-hybridized carbons (Fsp3) is 0.714. The Balaban J connectivity index is 2.08. The van der Waals surface area contributed by atoms with Crippen molar-refractivity contribution >= 4 is 6.29 Å². The molecular weight excluding hydrogens is 226 g/mol. The number of nitrogens with zero attached hydrogens (tertiary/aromatic N) is 3. The number of piperidine rings is 1. The highest BCUT2D eigenvalue weighted by molar-refractivity contribution is 5.72. The lowest BCUT2D eigenvalue weighted by molar-refractivity contribution is 0.110. The largest absolute Gasteiger partial charge is 0.298 e. The van der Waals surface area contributed by atoms with Crippen LogP contribution in [0.4, 0.5) is 0 Å². The Morgan fingerprint density at radius 3 is 2.89 bits per heavy atom. The smallest absolute Gasteiger partial charge is 0.168 e. The van der Waals surface area contributed by atoms with E-state index < -0.39 is 0 Å². The maximum Gasteiger partial charge on any atom is 0.168 e. The second-order valence-electron chi connectivity index (χ2n) is 5.49. The van der Waals surface area contributed by atoms with E-state index in [0.717, 1.165) is 18.4 Å². The molecule has 2 heterocycles. The summed E-state index contributed by atoms with van der Waals surface area (Å²) in [5, 5.41) is 4.43. The third-order valence-corrected chi connectivity index (χ3v) is 3.87. The standard InChI is InChI=1S/C14H23N3O/c1-11(2)17-7-5-4-6-13(17)8-12-9-14(10-18)16(3)15-12/h9-11,13H,4-8H2,1-3H3. The summed E-state index contributed by atoms with van der Waals surface area (Å²) in [5.41, 5.74) is 1.70. The molecule has 1 saturated heterocycles. The second kappa shape index (κ2) is 5.65.